The molecule has 0 N–H and O–H groups in total. The average molecular weight is 318 g/mol. The zero-order chi connectivity index (χ0) is 16.1. The molecule has 0 unspecified atom stereocenters. The molecule has 5 heteroatoms. The van der Waals surface area contributed by atoms with Gasteiger partial charge in [-0.2, -0.15) is 0 Å². The molecule has 1 aliphatic heterocycles. The van der Waals surface area contributed by atoms with Gasteiger partial charge in [-0.25, -0.2) is 9.97 Å². The molecule has 116 valence electrons. The molecule has 2 aromatic heterocycles. The van der Waals surface area contributed by atoms with Crippen molar-refractivity contribution in [1.82, 2.24) is 14.5 Å². The number of aromatic nitrogens is 3. The molecule has 0 bridgehead atoms. The van der Waals surface area contributed by atoms with Crippen molar-refractivity contribution >= 4 is 22.6 Å². The molecule has 22 heavy (non-hydrogen) atoms. The first kappa shape index (κ1) is 15.3. The van der Waals surface area contributed by atoms with Crippen molar-refractivity contribution in [2.45, 2.75) is 52.4 Å². The molecule has 1 aliphatic rings. The maximum atomic E-state index is 6.29. The Labute approximate surface area is 135 Å². The first-order valence-corrected chi connectivity index (χ1v) is 7.96. The lowest BCUT2D eigenvalue weighted by Crippen LogP contribution is -2.31. The van der Waals surface area contributed by atoms with Gasteiger partial charge in [0.1, 0.15) is 28.5 Å². The molecule has 4 nitrogen and oxygen atoms in total. The predicted molar refractivity (Wildman–Crippen MR) is 87.8 cm³/mol. The van der Waals surface area contributed by atoms with E-state index in [0.717, 1.165) is 29.4 Å². The van der Waals surface area contributed by atoms with E-state index in [1.54, 1.807) is 0 Å². The number of halogens is 1. The predicted octanol–water partition coefficient (Wildman–Crippen LogP) is 4.04. The summed E-state index contributed by atoms with van der Waals surface area (Å²) in [4.78, 5) is 8.81. The second-order valence-electron chi connectivity index (χ2n) is 6.08. The molecule has 0 amide bonds. The maximum absolute atomic E-state index is 6.29. The van der Waals surface area contributed by atoms with Crippen LogP contribution in [0.5, 0.6) is 0 Å². The molecule has 1 fully saturated rings. The smallest absolute Gasteiger partial charge is 0.147 e. The van der Waals surface area contributed by atoms with Crippen molar-refractivity contribution in [1.29, 1.82) is 0 Å². The molecule has 0 aliphatic carbocycles. The van der Waals surface area contributed by atoms with Crippen LogP contribution in [0.25, 0.3) is 11.0 Å². The molecule has 2 aromatic rings. The minimum Gasteiger partial charge on any atom is -0.339 e. The van der Waals surface area contributed by atoms with Gasteiger partial charge in [0.25, 0.3) is 0 Å². The normalized spacial score (nSPS) is 28.2. The molecular weight excluding hydrogens is 298 g/mol. The highest BCUT2D eigenvalue weighted by atomic mass is 35.5. The van der Waals surface area contributed by atoms with Crippen molar-refractivity contribution in [3.63, 3.8) is 0 Å². The molecule has 3 rings (SSSR count). The third-order valence-electron chi connectivity index (χ3n) is 4.71. The van der Waals surface area contributed by atoms with Gasteiger partial charge >= 0.3 is 0 Å². The van der Waals surface area contributed by atoms with Gasteiger partial charge in [0, 0.05) is 12.1 Å². The summed E-state index contributed by atoms with van der Waals surface area (Å²) in [6, 6.07) is 0. The fraction of sp³-hybridized carbons (Fsp3) is 0.529. The zero-order valence-electron chi connectivity index (χ0n) is 13.4. The van der Waals surface area contributed by atoms with E-state index in [-0.39, 0.29) is 6.23 Å². The summed E-state index contributed by atoms with van der Waals surface area (Å²) in [7, 11) is 0. The third-order valence-corrected chi connectivity index (χ3v) is 4.98. The highest BCUT2D eigenvalue weighted by Crippen LogP contribution is 2.44. The quantitative estimate of drug-likeness (QED) is 0.620. The number of fused-ring (bicyclic) bond motifs is 1. The van der Waals surface area contributed by atoms with Crippen LogP contribution in [0, 0.1) is 32.1 Å². The lowest BCUT2D eigenvalue weighted by atomic mass is 9.87. The van der Waals surface area contributed by atoms with Crippen LogP contribution in [0.3, 0.4) is 0 Å². The van der Waals surface area contributed by atoms with Crippen LogP contribution in [-0.2, 0) is 4.74 Å². The van der Waals surface area contributed by atoms with Crippen molar-refractivity contribution in [2.24, 2.45) is 5.92 Å². The number of hydrogen-bond acceptors (Lipinski definition) is 3. The summed E-state index contributed by atoms with van der Waals surface area (Å²) in [5, 5.41) is 1.38. The number of aryl methyl sites for hydroxylation is 2. The van der Waals surface area contributed by atoms with Crippen LogP contribution in [0.4, 0.5) is 0 Å². The van der Waals surface area contributed by atoms with Crippen LogP contribution in [-0.4, -0.2) is 20.1 Å². The highest BCUT2D eigenvalue weighted by molar-refractivity contribution is 6.34. The molecule has 0 aromatic carbocycles. The average Bonchev–Trinajstić information content (AvgIpc) is 2.97. The number of hydrogen-bond donors (Lipinski definition) is 0. The van der Waals surface area contributed by atoms with E-state index in [1.165, 1.54) is 0 Å². The van der Waals surface area contributed by atoms with E-state index in [4.69, 9.17) is 22.8 Å². The van der Waals surface area contributed by atoms with E-state index in [2.05, 4.69) is 34.3 Å². The van der Waals surface area contributed by atoms with Crippen molar-refractivity contribution < 1.29 is 4.74 Å². The summed E-state index contributed by atoms with van der Waals surface area (Å²) < 4.78 is 8.32. The number of nitrogens with zero attached hydrogens (tertiary/aromatic N) is 3. The van der Waals surface area contributed by atoms with Crippen LogP contribution in [0.15, 0.2) is 6.20 Å². The van der Waals surface area contributed by atoms with Crippen molar-refractivity contribution in [3.05, 3.63) is 22.7 Å². The first-order chi connectivity index (χ1) is 10.4. The Bertz CT molecular complexity index is 776. The Hall–Kier alpha value is -1.57. The Morgan fingerprint density at radius 3 is 2.82 bits per heavy atom. The number of terminal acetylenes is 1. The Morgan fingerprint density at radius 1 is 1.50 bits per heavy atom. The molecule has 3 heterocycles. The molecule has 0 spiro atoms. The lowest BCUT2D eigenvalue weighted by molar-refractivity contribution is -0.0463. The van der Waals surface area contributed by atoms with Gasteiger partial charge in [-0.3, -0.25) is 0 Å². The van der Waals surface area contributed by atoms with E-state index >= 15 is 0 Å². The van der Waals surface area contributed by atoms with Crippen LogP contribution < -0.4 is 0 Å². The van der Waals surface area contributed by atoms with Gasteiger partial charge in [-0.15, -0.1) is 6.42 Å². The first-order valence-electron chi connectivity index (χ1n) is 7.58. The summed E-state index contributed by atoms with van der Waals surface area (Å²) >= 11 is 6.29. The fourth-order valence-corrected chi connectivity index (χ4v) is 3.74. The third kappa shape index (κ3) is 2.12. The lowest BCUT2D eigenvalue weighted by Gasteiger charge is -2.26. The SMILES string of the molecule is C#C[C@]1(CC)O[C@@H](n2cc(C)c3c(Cl)nc(C)nc32)C[C@@H]1C. The summed E-state index contributed by atoms with van der Waals surface area (Å²) in [6.07, 6.45) is 9.32. The van der Waals surface area contributed by atoms with E-state index in [9.17, 15) is 0 Å². The molecule has 0 saturated carbocycles. The summed E-state index contributed by atoms with van der Waals surface area (Å²) in [6.45, 7) is 8.07. The van der Waals surface area contributed by atoms with E-state index < -0.39 is 5.60 Å². The van der Waals surface area contributed by atoms with Gasteiger partial charge in [0.05, 0.1) is 5.39 Å². The Morgan fingerprint density at radius 2 is 2.23 bits per heavy atom. The minimum atomic E-state index is -0.499. The maximum Gasteiger partial charge on any atom is 0.147 e. The van der Waals surface area contributed by atoms with Gasteiger partial charge < -0.3 is 9.30 Å². The van der Waals surface area contributed by atoms with Crippen LogP contribution >= 0.6 is 11.6 Å². The van der Waals surface area contributed by atoms with Gasteiger partial charge in [0.2, 0.25) is 0 Å². The zero-order valence-corrected chi connectivity index (χ0v) is 14.1. The van der Waals surface area contributed by atoms with E-state index in [0.29, 0.717) is 16.9 Å². The van der Waals surface area contributed by atoms with Gasteiger partial charge in [0.15, 0.2) is 0 Å². The largest absolute Gasteiger partial charge is 0.339 e. The van der Waals surface area contributed by atoms with Crippen LogP contribution in [0.1, 0.15) is 44.3 Å². The Kier molecular flexibility index (Phi) is 3.66. The molecule has 0 radical (unpaired) electrons. The summed E-state index contributed by atoms with van der Waals surface area (Å²) in [5.41, 5.74) is 1.36. The standard InChI is InChI=1S/C17H20ClN3O/c1-6-17(7-2)11(4)8-13(22-17)21-9-10(3)14-15(18)19-12(5)20-16(14)21/h1,9,11,13H,7-8H2,2-5H3/t11-,13+,17+/m0/s1. The van der Waals surface area contributed by atoms with Gasteiger partial charge in [-0.1, -0.05) is 31.4 Å². The highest BCUT2D eigenvalue weighted by Gasteiger charge is 2.44. The second-order valence-corrected chi connectivity index (χ2v) is 6.43. The number of ether oxygens (including phenoxy) is 1. The van der Waals surface area contributed by atoms with Crippen LogP contribution in [0.2, 0.25) is 5.15 Å². The summed E-state index contributed by atoms with van der Waals surface area (Å²) in [5.74, 6) is 3.81. The fourth-order valence-electron chi connectivity index (χ4n) is 3.38. The molecule has 3 atom stereocenters. The monoisotopic (exact) mass is 317 g/mol. The molecular formula is C17H20ClN3O. The Balaban J connectivity index is 2.11. The second kappa shape index (κ2) is 5.26. The number of rotatable bonds is 2. The van der Waals surface area contributed by atoms with Gasteiger partial charge in [-0.05, 0) is 32.3 Å². The topological polar surface area (TPSA) is 39.9 Å². The van der Waals surface area contributed by atoms with Crippen molar-refractivity contribution in [3.8, 4) is 12.3 Å². The van der Waals surface area contributed by atoms with Crippen molar-refractivity contribution in [2.75, 3.05) is 0 Å². The molecule has 1 saturated heterocycles. The van der Waals surface area contributed by atoms with E-state index in [1.807, 2.05) is 20.0 Å². The minimum absolute atomic E-state index is 0.118.